The number of methoxy groups -OCH3 is 2. The molecule has 204 valence electrons. The summed E-state index contributed by atoms with van der Waals surface area (Å²) in [7, 11) is 3.22. The Hall–Kier alpha value is -5.11. The topological polar surface area (TPSA) is 98.2 Å². The van der Waals surface area contributed by atoms with E-state index in [1.54, 1.807) is 44.7 Å². The minimum absolute atomic E-state index is 0.0282. The van der Waals surface area contributed by atoms with Gasteiger partial charge in [0.05, 0.1) is 32.9 Å². The fraction of sp³-hybridized carbons (Fsp3) is 0.156. The van der Waals surface area contributed by atoms with Gasteiger partial charge in [0, 0.05) is 11.1 Å². The van der Waals surface area contributed by atoms with Gasteiger partial charge in [0.2, 0.25) is 5.91 Å². The highest BCUT2D eigenvalue weighted by molar-refractivity contribution is 5.94. The summed E-state index contributed by atoms with van der Waals surface area (Å²) in [5.74, 6) is 1.53. The van der Waals surface area contributed by atoms with Crippen molar-refractivity contribution in [1.29, 1.82) is 0 Å². The molecule has 8 heteroatoms. The molecule has 0 unspecified atom stereocenters. The largest absolute Gasteiger partial charge is 0.497 e. The van der Waals surface area contributed by atoms with Crippen LogP contribution in [0, 0.1) is 0 Å². The number of amides is 2. The van der Waals surface area contributed by atoms with Crippen molar-refractivity contribution in [3.05, 3.63) is 125 Å². The van der Waals surface area contributed by atoms with E-state index in [0.717, 1.165) is 28.2 Å². The molecular weight excluding hydrogens is 506 g/mol. The van der Waals surface area contributed by atoms with Crippen molar-refractivity contribution >= 4 is 18.0 Å². The maximum atomic E-state index is 12.7. The van der Waals surface area contributed by atoms with Crippen LogP contribution in [-0.4, -0.2) is 32.2 Å². The molecule has 0 spiro atoms. The van der Waals surface area contributed by atoms with Crippen LogP contribution in [0.3, 0.4) is 0 Å². The molecule has 1 atom stereocenters. The lowest BCUT2D eigenvalue weighted by molar-refractivity contribution is -0.121. The van der Waals surface area contributed by atoms with Crippen LogP contribution in [0.5, 0.6) is 17.2 Å². The normalized spacial score (nSPS) is 11.4. The third kappa shape index (κ3) is 7.94. The third-order valence-corrected chi connectivity index (χ3v) is 6.10. The zero-order chi connectivity index (χ0) is 28.2. The van der Waals surface area contributed by atoms with Crippen molar-refractivity contribution in [2.45, 2.75) is 19.1 Å². The van der Waals surface area contributed by atoms with Crippen LogP contribution in [-0.2, 0) is 11.4 Å². The summed E-state index contributed by atoms with van der Waals surface area (Å²) in [5, 5.41) is 7.03. The second kappa shape index (κ2) is 14.2. The first kappa shape index (κ1) is 27.9. The van der Waals surface area contributed by atoms with E-state index in [1.165, 1.54) is 0 Å². The summed E-state index contributed by atoms with van der Waals surface area (Å²) in [4.78, 5) is 25.4. The van der Waals surface area contributed by atoms with Crippen molar-refractivity contribution < 1.29 is 23.8 Å². The maximum absolute atomic E-state index is 12.7. The number of ether oxygens (including phenoxy) is 3. The van der Waals surface area contributed by atoms with Gasteiger partial charge in [-0.1, -0.05) is 48.5 Å². The molecule has 0 bridgehead atoms. The van der Waals surface area contributed by atoms with Crippen molar-refractivity contribution in [3.8, 4) is 17.2 Å². The van der Waals surface area contributed by atoms with Gasteiger partial charge >= 0.3 is 0 Å². The predicted octanol–water partition coefficient (Wildman–Crippen LogP) is 5.29. The first-order valence-electron chi connectivity index (χ1n) is 12.7. The molecule has 0 saturated carbocycles. The van der Waals surface area contributed by atoms with Crippen LogP contribution >= 0.6 is 0 Å². The van der Waals surface area contributed by atoms with E-state index in [0.29, 0.717) is 17.9 Å². The van der Waals surface area contributed by atoms with Gasteiger partial charge in [0.25, 0.3) is 5.91 Å². The van der Waals surface area contributed by atoms with E-state index in [-0.39, 0.29) is 18.2 Å². The maximum Gasteiger partial charge on any atom is 0.251 e. The predicted molar refractivity (Wildman–Crippen MR) is 154 cm³/mol. The van der Waals surface area contributed by atoms with Gasteiger partial charge in [-0.15, -0.1) is 0 Å². The number of hydrogen-bond acceptors (Lipinski definition) is 6. The Bertz CT molecular complexity index is 1420. The van der Waals surface area contributed by atoms with Crippen LogP contribution < -0.4 is 25.0 Å². The molecule has 0 aliphatic carbocycles. The lowest BCUT2D eigenvalue weighted by atomic mass is 10.0. The quantitative estimate of drug-likeness (QED) is 0.189. The standard InChI is InChI=1S/C32H31N3O5/c1-38-28-17-18-30(39-2)26(19-28)22-40-27-15-13-23(14-16-27)21-33-35-31(36)20-29(24-9-5-3-6-10-24)34-32(37)25-11-7-4-8-12-25/h3-19,21,29H,20,22H2,1-2H3,(H,34,37)(H,35,36)/b33-21-/t29-/m0/s1. The SMILES string of the molecule is COc1ccc(OC)c(COc2ccc(/C=N\NC(=O)C[C@H](NC(=O)c3ccccc3)c3ccccc3)cc2)c1. The fourth-order valence-electron chi connectivity index (χ4n) is 3.98. The van der Waals surface area contributed by atoms with E-state index in [4.69, 9.17) is 14.2 Å². The summed E-state index contributed by atoms with van der Waals surface area (Å²) in [5.41, 5.74) is 5.55. The van der Waals surface area contributed by atoms with E-state index in [1.807, 2.05) is 78.9 Å². The van der Waals surface area contributed by atoms with Crippen LogP contribution in [0.2, 0.25) is 0 Å². The Labute approximate surface area is 233 Å². The van der Waals surface area contributed by atoms with Gasteiger partial charge in [0.15, 0.2) is 0 Å². The first-order chi connectivity index (χ1) is 19.6. The monoisotopic (exact) mass is 537 g/mol. The van der Waals surface area contributed by atoms with E-state index in [2.05, 4.69) is 15.8 Å². The minimum atomic E-state index is -0.510. The van der Waals surface area contributed by atoms with Crippen LogP contribution in [0.4, 0.5) is 0 Å². The van der Waals surface area contributed by atoms with E-state index in [9.17, 15) is 9.59 Å². The first-order valence-corrected chi connectivity index (χ1v) is 12.7. The number of nitrogens with zero attached hydrogens (tertiary/aromatic N) is 1. The summed E-state index contributed by atoms with van der Waals surface area (Å²) in [6.45, 7) is 0.313. The number of benzene rings is 4. The molecule has 4 aromatic carbocycles. The zero-order valence-electron chi connectivity index (χ0n) is 22.4. The van der Waals surface area contributed by atoms with Gasteiger partial charge < -0.3 is 19.5 Å². The number of nitrogens with one attached hydrogen (secondary N) is 2. The second-order valence-corrected chi connectivity index (χ2v) is 8.84. The van der Waals surface area contributed by atoms with Gasteiger partial charge in [-0.25, -0.2) is 5.43 Å². The molecule has 0 heterocycles. The number of carbonyl (C=O) groups is 2. The Kier molecular flexibility index (Phi) is 9.88. The number of rotatable bonds is 12. The molecular formula is C32H31N3O5. The van der Waals surface area contributed by atoms with Crippen LogP contribution in [0.1, 0.15) is 39.5 Å². The molecule has 0 fully saturated rings. The van der Waals surface area contributed by atoms with E-state index < -0.39 is 6.04 Å². The Morgan fingerprint density at radius 1 is 0.825 bits per heavy atom. The number of hydrazone groups is 1. The number of carbonyl (C=O) groups excluding carboxylic acids is 2. The molecule has 8 nitrogen and oxygen atoms in total. The molecule has 0 aromatic heterocycles. The average Bonchev–Trinajstić information content (AvgIpc) is 3.01. The van der Waals surface area contributed by atoms with Gasteiger partial charge in [-0.3, -0.25) is 9.59 Å². The Morgan fingerprint density at radius 2 is 1.50 bits per heavy atom. The van der Waals surface area contributed by atoms with E-state index >= 15 is 0 Å². The zero-order valence-corrected chi connectivity index (χ0v) is 22.4. The molecule has 2 N–H and O–H groups in total. The smallest absolute Gasteiger partial charge is 0.251 e. The highest BCUT2D eigenvalue weighted by atomic mass is 16.5. The van der Waals surface area contributed by atoms with Gasteiger partial charge in [-0.05, 0) is 65.7 Å². The summed E-state index contributed by atoms with van der Waals surface area (Å²) >= 11 is 0. The van der Waals surface area contributed by atoms with Crippen molar-refractivity contribution in [2.75, 3.05) is 14.2 Å². The van der Waals surface area contributed by atoms with Gasteiger partial charge in [-0.2, -0.15) is 5.10 Å². The molecule has 0 saturated heterocycles. The third-order valence-electron chi connectivity index (χ3n) is 6.10. The summed E-state index contributed by atoms with van der Waals surface area (Å²) in [6.07, 6.45) is 1.58. The molecule has 0 aliphatic heterocycles. The fourth-order valence-corrected chi connectivity index (χ4v) is 3.98. The summed E-state index contributed by atoms with van der Waals surface area (Å²) in [6, 6.07) is 30.6. The van der Waals surface area contributed by atoms with Crippen LogP contribution in [0.25, 0.3) is 0 Å². The molecule has 0 aliphatic rings. The Balaban J connectivity index is 1.32. The average molecular weight is 538 g/mol. The lowest BCUT2D eigenvalue weighted by Crippen LogP contribution is -2.32. The summed E-state index contributed by atoms with van der Waals surface area (Å²) < 4.78 is 16.6. The molecule has 4 rings (SSSR count). The van der Waals surface area contributed by atoms with Gasteiger partial charge in [0.1, 0.15) is 23.9 Å². The highest BCUT2D eigenvalue weighted by Crippen LogP contribution is 2.25. The molecule has 4 aromatic rings. The number of hydrogen-bond donors (Lipinski definition) is 2. The van der Waals surface area contributed by atoms with Crippen LogP contribution in [0.15, 0.2) is 108 Å². The van der Waals surface area contributed by atoms with Crippen molar-refractivity contribution in [1.82, 2.24) is 10.7 Å². The lowest BCUT2D eigenvalue weighted by Gasteiger charge is -2.18. The Morgan fingerprint density at radius 3 is 2.17 bits per heavy atom. The van der Waals surface area contributed by atoms with Crippen molar-refractivity contribution in [2.24, 2.45) is 5.10 Å². The highest BCUT2D eigenvalue weighted by Gasteiger charge is 2.19. The molecule has 2 amide bonds. The molecule has 0 radical (unpaired) electrons. The van der Waals surface area contributed by atoms with Crippen molar-refractivity contribution in [3.63, 3.8) is 0 Å². The second-order valence-electron chi connectivity index (χ2n) is 8.84. The molecule has 40 heavy (non-hydrogen) atoms. The minimum Gasteiger partial charge on any atom is -0.497 e.